The summed E-state index contributed by atoms with van der Waals surface area (Å²) in [5.41, 5.74) is 5.85. The molecule has 0 bridgehead atoms. The summed E-state index contributed by atoms with van der Waals surface area (Å²) in [5.74, 6) is 0.367. The molecule has 162 valence electrons. The highest BCUT2D eigenvalue weighted by Gasteiger charge is 2.38. The van der Waals surface area contributed by atoms with Gasteiger partial charge in [0.05, 0.1) is 6.54 Å². The van der Waals surface area contributed by atoms with Crippen LogP contribution >= 0.6 is 0 Å². The maximum Gasteiger partial charge on any atom is 0.238 e. The summed E-state index contributed by atoms with van der Waals surface area (Å²) < 4.78 is 0. The van der Waals surface area contributed by atoms with Crippen LogP contribution in [0.3, 0.4) is 0 Å². The molecular weight excluding hydrogens is 382 g/mol. The van der Waals surface area contributed by atoms with E-state index >= 15 is 0 Å². The monoisotopic (exact) mass is 415 g/mol. The number of hydrogen-bond acceptors (Lipinski definition) is 3. The highest BCUT2D eigenvalue weighted by atomic mass is 16.2. The van der Waals surface area contributed by atoms with Crippen molar-refractivity contribution in [3.8, 4) is 0 Å². The Morgan fingerprint density at radius 2 is 1.77 bits per heavy atom. The Kier molecular flexibility index (Phi) is 7.59. The molecule has 2 unspecified atom stereocenters. The molecule has 2 aromatic rings. The molecule has 1 fully saturated rings. The summed E-state index contributed by atoms with van der Waals surface area (Å²) in [6.07, 6.45) is 6.65. The number of nitrogens with zero attached hydrogens (tertiary/aromatic N) is 3. The van der Waals surface area contributed by atoms with Crippen molar-refractivity contribution in [1.29, 1.82) is 0 Å². The lowest BCUT2D eigenvalue weighted by Crippen LogP contribution is -2.33. The first-order valence-corrected chi connectivity index (χ1v) is 11.1. The van der Waals surface area contributed by atoms with Crippen LogP contribution < -0.4 is 0 Å². The van der Waals surface area contributed by atoms with Crippen molar-refractivity contribution in [3.05, 3.63) is 89.6 Å². The van der Waals surface area contributed by atoms with E-state index in [2.05, 4.69) is 78.0 Å². The van der Waals surface area contributed by atoms with E-state index in [9.17, 15) is 4.79 Å². The SMILES string of the molecule is C=Cc1ccc(CCN2C(=O)CN(C)C2c2ccccc2C2C=CN=C2C)cc1.CC. The Morgan fingerprint density at radius 3 is 2.39 bits per heavy atom. The van der Waals surface area contributed by atoms with Crippen molar-refractivity contribution < 1.29 is 4.79 Å². The first-order chi connectivity index (χ1) is 15.1. The van der Waals surface area contributed by atoms with Gasteiger partial charge in [-0.05, 0) is 42.6 Å². The van der Waals surface area contributed by atoms with Gasteiger partial charge in [0.2, 0.25) is 5.91 Å². The molecule has 0 saturated carbocycles. The molecule has 1 amide bonds. The lowest BCUT2D eigenvalue weighted by Gasteiger charge is -2.31. The van der Waals surface area contributed by atoms with Gasteiger partial charge in [-0.2, -0.15) is 0 Å². The average molecular weight is 416 g/mol. The number of likely N-dealkylation sites (N-methyl/N-ethyl adjacent to an activating group) is 1. The van der Waals surface area contributed by atoms with Gasteiger partial charge in [0.25, 0.3) is 0 Å². The van der Waals surface area contributed by atoms with Crippen LogP contribution in [0.5, 0.6) is 0 Å². The fraction of sp³-hybridized carbons (Fsp3) is 0.333. The maximum absolute atomic E-state index is 12.8. The molecule has 4 nitrogen and oxygen atoms in total. The van der Waals surface area contributed by atoms with Gasteiger partial charge < -0.3 is 4.90 Å². The van der Waals surface area contributed by atoms with Crippen molar-refractivity contribution in [1.82, 2.24) is 9.80 Å². The number of benzene rings is 2. The molecule has 2 aromatic carbocycles. The number of carbonyl (C=O) groups is 1. The summed E-state index contributed by atoms with van der Waals surface area (Å²) in [4.78, 5) is 21.4. The number of allylic oxidation sites excluding steroid dienone is 1. The average Bonchev–Trinajstić information content (AvgIpc) is 3.35. The van der Waals surface area contributed by atoms with E-state index in [0.717, 1.165) is 17.7 Å². The summed E-state index contributed by atoms with van der Waals surface area (Å²) in [7, 11) is 2.03. The quantitative estimate of drug-likeness (QED) is 0.629. The molecule has 2 heterocycles. The second-order valence-electron chi connectivity index (χ2n) is 7.79. The van der Waals surface area contributed by atoms with Gasteiger partial charge in [-0.15, -0.1) is 0 Å². The predicted octanol–water partition coefficient (Wildman–Crippen LogP) is 5.44. The Bertz CT molecular complexity index is 974. The summed E-state index contributed by atoms with van der Waals surface area (Å²) in [5, 5.41) is 0. The lowest BCUT2D eigenvalue weighted by molar-refractivity contribution is -0.128. The first-order valence-electron chi connectivity index (χ1n) is 11.1. The van der Waals surface area contributed by atoms with Gasteiger partial charge in [-0.1, -0.05) is 81.1 Å². The Hall–Kier alpha value is -2.98. The Balaban J connectivity index is 0.00000132. The minimum absolute atomic E-state index is 0.0482. The van der Waals surface area contributed by atoms with Crippen LogP contribution in [-0.2, 0) is 11.2 Å². The molecule has 0 radical (unpaired) electrons. The smallest absolute Gasteiger partial charge is 0.238 e. The fourth-order valence-corrected chi connectivity index (χ4v) is 4.31. The second-order valence-corrected chi connectivity index (χ2v) is 7.79. The third-order valence-corrected chi connectivity index (χ3v) is 5.89. The number of aliphatic imine (C=N–C) groups is 1. The van der Waals surface area contributed by atoms with Gasteiger partial charge in [-0.3, -0.25) is 14.7 Å². The van der Waals surface area contributed by atoms with Crippen LogP contribution in [0.2, 0.25) is 0 Å². The van der Waals surface area contributed by atoms with Gasteiger partial charge in [0, 0.05) is 24.4 Å². The molecule has 31 heavy (non-hydrogen) atoms. The zero-order valence-electron chi connectivity index (χ0n) is 19.1. The molecule has 2 aliphatic rings. The number of hydrogen-bond donors (Lipinski definition) is 0. The molecule has 4 heteroatoms. The van der Waals surface area contributed by atoms with Gasteiger partial charge in [0.1, 0.15) is 6.17 Å². The largest absolute Gasteiger partial charge is 0.321 e. The highest BCUT2D eigenvalue weighted by Crippen LogP contribution is 2.36. The third kappa shape index (κ3) is 4.86. The first kappa shape index (κ1) is 22.7. The number of amides is 1. The minimum atomic E-state index is -0.0482. The van der Waals surface area contributed by atoms with Gasteiger partial charge in [0.15, 0.2) is 0 Å². The molecule has 0 N–H and O–H groups in total. The maximum atomic E-state index is 12.8. The van der Waals surface area contributed by atoms with E-state index in [-0.39, 0.29) is 18.0 Å². The van der Waals surface area contributed by atoms with E-state index in [1.807, 2.05) is 38.1 Å². The second kappa shape index (κ2) is 10.4. The summed E-state index contributed by atoms with van der Waals surface area (Å²) >= 11 is 0. The van der Waals surface area contributed by atoms with Crippen molar-refractivity contribution in [3.63, 3.8) is 0 Å². The van der Waals surface area contributed by atoms with Crippen molar-refractivity contribution in [2.75, 3.05) is 20.1 Å². The highest BCUT2D eigenvalue weighted by molar-refractivity contribution is 5.93. The van der Waals surface area contributed by atoms with Crippen LogP contribution in [0.1, 0.15) is 55.1 Å². The summed E-state index contributed by atoms with van der Waals surface area (Å²) in [6.45, 7) is 11.0. The van der Waals surface area contributed by atoms with E-state index in [4.69, 9.17) is 0 Å². The van der Waals surface area contributed by atoms with E-state index in [0.29, 0.717) is 13.1 Å². The topological polar surface area (TPSA) is 35.9 Å². The Morgan fingerprint density at radius 1 is 1.10 bits per heavy atom. The third-order valence-electron chi connectivity index (χ3n) is 5.89. The van der Waals surface area contributed by atoms with Gasteiger partial charge in [-0.25, -0.2) is 0 Å². The molecule has 2 aliphatic heterocycles. The van der Waals surface area contributed by atoms with Crippen LogP contribution in [0.4, 0.5) is 0 Å². The van der Waals surface area contributed by atoms with Crippen LogP contribution in [-0.4, -0.2) is 41.6 Å². The molecule has 2 atom stereocenters. The standard InChI is InChI=1S/C25H27N3O.C2H6/c1-4-19-9-11-20(12-10-19)14-16-28-24(29)17-27(3)25(28)23-8-6-5-7-22(23)21-13-15-26-18(21)2;1-2/h4-13,15,21,25H,1,14,16-17H2,2-3H3;1-2H3. The number of carbonyl (C=O) groups excluding carboxylic acids is 1. The van der Waals surface area contributed by atoms with E-state index in [1.54, 1.807) is 0 Å². The zero-order chi connectivity index (χ0) is 22.4. The molecular formula is C27H33N3O. The van der Waals surface area contributed by atoms with Crippen LogP contribution in [0.25, 0.3) is 6.08 Å². The van der Waals surface area contributed by atoms with Gasteiger partial charge >= 0.3 is 0 Å². The molecule has 4 rings (SSSR count). The van der Waals surface area contributed by atoms with E-state index in [1.165, 1.54) is 16.7 Å². The normalized spacial score (nSPS) is 20.5. The molecule has 1 saturated heterocycles. The fourth-order valence-electron chi connectivity index (χ4n) is 4.31. The molecule has 0 spiro atoms. The molecule has 0 aromatic heterocycles. The van der Waals surface area contributed by atoms with E-state index < -0.39 is 0 Å². The van der Waals surface area contributed by atoms with Crippen molar-refractivity contribution in [2.24, 2.45) is 4.99 Å². The predicted molar refractivity (Wildman–Crippen MR) is 130 cm³/mol. The van der Waals surface area contributed by atoms with Crippen LogP contribution in [0, 0.1) is 0 Å². The summed E-state index contributed by atoms with van der Waals surface area (Å²) in [6, 6.07) is 16.8. The van der Waals surface area contributed by atoms with Crippen molar-refractivity contribution >= 4 is 17.7 Å². The molecule has 0 aliphatic carbocycles. The zero-order valence-corrected chi connectivity index (χ0v) is 19.1. The number of rotatable bonds is 6. The van der Waals surface area contributed by atoms with Crippen molar-refractivity contribution in [2.45, 2.75) is 39.3 Å². The lowest BCUT2D eigenvalue weighted by atomic mass is 9.90. The Labute approximate surface area is 186 Å². The van der Waals surface area contributed by atoms with Crippen LogP contribution in [0.15, 0.2) is 72.4 Å². The minimum Gasteiger partial charge on any atom is -0.321 e.